The van der Waals surface area contributed by atoms with Gasteiger partial charge in [-0.2, -0.15) is 4.98 Å². The van der Waals surface area contributed by atoms with E-state index in [9.17, 15) is 5.11 Å². The Hall–Kier alpha value is -1.72. The zero-order valence-corrected chi connectivity index (χ0v) is 11.9. The first-order valence-corrected chi connectivity index (χ1v) is 6.90. The minimum Gasteiger partial charge on any atom is -0.393 e. The second-order valence-electron chi connectivity index (χ2n) is 5.13. The highest BCUT2D eigenvalue weighted by molar-refractivity contribution is 5.18. The Balaban J connectivity index is 1.83. The molecule has 0 aliphatic rings. The zero-order valence-electron chi connectivity index (χ0n) is 11.9. The van der Waals surface area contributed by atoms with Crippen LogP contribution in [-0.4, -0.2) is 27.4 Å². The van der Waals surface area contributed by atoms with Gasteiger partial charge in [0, 0.05) is 12.5 Å². The van der Waals surface area contributed by atoms with Crippen LogP contribution in [-0.2, 0) is 13.0 Å². The number of aromatic nitrogens is 2. The molecule has 2 atom stereocenters. The molecule has 2 aromatic rings. The molecule has 0 aliphatic heterocycles. The van der Waals surface area contributed by atoms with E-state index in [1.807, 2.05) is 37.3 Å². The van der Waals surface area contributed by atoms with Gasteiger partial charge in [-0.25, -0.2) is 0 Å². The predicted molar refractivity (Wildman–Crippen MR) is 76.1 cm³/mol. The Morgan fingerprint density at radius 2 is 2.00 bits per heavy atom. The van der Waals surface area contributed by atoms with E-state index in [0.717, 1.165) is 5.56 Å². The Labute approximate surface area is 119 Å². The molecule has 1 aromatic carbocycles. The molecule has 0 saturated carbocycles. The van der Waals surface area contributed by atoms with Crippen LogP contribution in [0.4, 0.5) is 0 Å². The van der Waals surface area contributed by atoms with Gasteiger partial charge in [0.15, 0.2) is 5.82 Å². The van der Waals surface area contributed by atoms with Crippen molar-refractivity contribution in [3.05, 3.63) is 47.6 Å². The molecule has 1 aromatic heterocycles. The van der Waals surface area contributed by atoms with Gasteiger partial charge >= 0.3 is 0 Å². The fraction of sp³-hybridized carbons (Fsp3) is 0.467. The van der Waals surface area contributed by atoms with Crippen LogP contribution in [0.25, 0.3) is 0 Å². The molecule has 2 N–H and O–H groups in total. The highest BCUT2D eigenvalue weighted by Crippen LogP contribution is 2.07. The van der Waals surface area contributed by atoms with Crippen molar-refractivity contribution in [1.82, 2.24) is 15.5 Å². The van der Waals surface area contributed by atoms with Crippen LogP contribution in [0.1, 0.15) is 37.5 Å². The maximum absolute atomic E-state index is 9.30. The molecule has 0 fully saturated rings. The lowest BCUT2D eigenvalue weighted by Gasteiger charge is -2.13. The summed E-state index contributed by atoms with van der Waals surface area (Å²) in [4.78, 5) is 4.35. The van der Waals surface area contributed by atoms with Gasteiger partial charge in [-0.05, 0) is 25.8 Å². The smallest absolute Gasteiger partial charge is 0.240 e. The molecule has 2 rings (SSSR count). The van der Waals surface area contributed by atoms with Gasteiger partial charge in [0.05, 0.1) is 12.6 Å². The molecular formula is C15H21N3O2. The average Bonchev–Trinajstić information content (AvgIpc) is 2.84. The van der Waals surface area contributed by atoms with Crippen LogP contribution in [0.15, 0.2) is 34.9 Å². The van der Waals surface area contributed by atoms with Crippen LogP contribution in [0.5, 0.6) is 0 Å². The Bertz CT molecular complexity index is 511. The maximum atomic E-state index is 9.30. The first-order valence-electron chi connectivity index (χ1n) is 6.90. The molecule has 0 radical (unpaired) electrons. The van der Waals surface area contributed by atoms with Crippen molar-refractivity contribution in [2.75, 3.05) is 0 Å². The SMILES string of the molecule is CC(O)CC(C)NCc1nc(Cc2ccccc2)no1. The minimum atomic E-state index is -0.311. The van der Waals surface area contributed by atoms with E-state index >= 15 is 0 Å². The molecule has 5 heteroatoms. The Morgan fingerprint density at radius 3 is 2.70 bits per heavy atom. The van der Waals surface area contributed by atoms with E-state index in [2.05, 4.69) is 15.5 Å². The summed E-state index contributed by atoms with van der Waals surface area (Å²) in [5.74, 6) is 1.27. The van der Waals surface area contributed by atoms with Gasteiger partial charge in [-0.1, -0.05) is 35.5 Å². The lowest BCUT2D eigenvalue weighted by Crippen LogP contribution is -2.28. The van der Waals surface area contributed by atoms with E-state index in [1.165, 1.54) is 0 Å². The quantitative estimate of drug-likeness (QED) is 0.807. The van der Waals surface area contributed by atoms with Gasteiger partial charge in [0.1, 0.15) is 0 Å². The van der Waals surface area contributed by atoms with Crippen LogP contribution in [0.3, 0.4) is 0 Å². The van der Waals surface area contributed by atoms with Crippen molar-refractivity contribution in [2.24, 2.45) is 0 Å². The topological polar surface area (TPSA) is 71.2 Å². The Morgan fingerprint density at radius 1 is 1.25 bits per heavy atom. The van der Waals surface area contributed by atoms with Crippen LogP contribution in [0.2, 0.25) is 0 Å². The first-order chi connectivity index (χ1) is 9.63. The zero-order chi connectivity index (χ0) is 14.4. The van der Waals surface area contributed by atoms with Crippen molar-refractivity contribution in [3.63, 3.8) is 0 Å². The molecule has 20 heavy (non-hydrogen) atoms. The monoisotopic (exact) mass is 275 g/mol. The van der Waals surface area contributed by atoms with Crippen LogP contribution < -0.4 is 5.32 Å². The van der Waals surface area contributed by atoms with Crippen molar-refractivity contribution in [2.45, 2.75) is 45.4 Å². The summed E-state index contributed by atoms with van der Waals surface area (Å²) in [5.41, 5.74) is 1.16. The van der Waals surface area contributed by atoms with E-state index in [4.69, 9.17) is 4.52 Å². The minimum absolute atomic E-state index is 0.208. The van der Waals surface area contributed by atoms with Gasteiger partial charge < -0.3 is 14.9 Å². The first kappa shape index (κ1) is 14.7. The number of hydrogen-bond acceptors (Lipinski definition) is 5. The molecule has 1 heterocycles. The van der Waals surface area contributed by atoms with Gasteiger partial charge in [0.25, 0.3) is 0 Å². The second-order valence-corrected chi connectivity index (χ2v) is 5.13. The largest absolute Gasteiger partial charge is 0.393 e. The summed E-state index contributed by atoms with van der Waals surface area (Å²) in [5, 5.41) is 16.5. The lowest BCUT2D eigenvalue weighted by molar-refractivity contribution is 0.169. The van der Waals surface area contributed by atoms with Gasteiger partial charge in [0.2, 0.25) is 5.89 Å². The van der Waals surface area contributed by atoms with Gasteiger partial charge in [-0.15, -0.1) is 0 Å². The van der Waals surface area contributed by atoms with E-state index in [-0.39, 0.29) is 12.1 Å². The predicted octanol–water partition coefficient (Wildman–Crippen LogP) is 1.91. The number of nitrogens with zero attached hydrogens (tertiary/aromatic N) is 2. The summed E-state index contributed by atoms with van der Waals surface area (Å²) in [6.07, 6.45) is 1.06. The van der Waals surface area contributed by atoms with Crippen molar-refractivity contribution in [3.8, 4) is 0 Å². The Kier molecular flexibility index (Phi) is 5.26. The van der Waals surface area contributed by atoms with Crippen LogP contribution >= 0.6 is 0 Å². The lowest BCUT2D eigenvalue weighted by atomic mass is 10.1. The third-order valence-electron chi connectivity index (χ3n) is 3.01. The van der Waals surface area contributed by atoms with Gasteiger partial charge in [-0.3, -0.25) is 0 Å². The molecule has 0 spiro atoms. The molecule has 2 unspecified atom stereocenters. The average molecular weight is 275 g/mol. The standard InChI is InChI=1S/C15H21N3O2/c1-11(8-12(2)19)16-10-15-17-14(18-20-15)9-13-6-4-3-5-7-13/h3-7,11-12,16,19H,8-10H2,1-2H3. The third kappa shape index (κ3) is 4.75. The van der Waals surface area contributed by atoms with Crippen molar-refractivity contribution < 1.29 is 9.63 Å². The number of benzene rings is 1. The van der Waals surface area contributed by atoms with Crippen LogP contribution in [0, 0.1) is 0 Å². The summed E-state index contributed by atoms with van der Waals surface area (Å²) in [6.45, 7) is 4.33. The van der Waals surface area contributed by atoms with Crippen molar-refractivity contribution in [1.29, 1.82) is 0 Å². The summed E-state index contributed by atoms with van der Waals surface area (Å²) >= 11 is 0. The maximum Gasteiger partial charge on any atom is 0.240 e. The van der Waals surface area contributed by atoms with Crippen molar-refractivity contribution >= 4 is 0 Å². The molecule has 108 valence electrons. The number of aliphatic hydroxyl groups is 1. The number of rotatable bonds is 7. The van der Waals surface area contributed by atoms with E-state index < -0.39 is 0 Å². The molecule has 0 aliphatic carbocycles. The highest BCUT2D eigenvalue weighted by atomic mass is 16.5. The third-order valence-corrected chi connectivity index (χ3v) is 3.01. The fourth-order valence-corrected chi connectivity index (χ4v) is 2.07. The summed E-state index contributed by atoms with van der Waals surface area (Å²) in [7, 11) is 0. The molecule has 0 saturated heterocycles. The number of hydrogen-bond donors (Lipinski definition) is 2. The van der Waals surface area contributed by atoms with E-state index in [0.29, 0.717) is 31.1 Å². The highest BCUT2D eigenvalue weighted by Gasteiger charge is 2.10. The summed E-state index contributed by atoms with van der Waals surface area (Å²) < 4.78 is 5.21. The molecular weight excluding hydrogens is 254 g/mol. The molecule has 5 nitrogen and oxygen atoms in total. The summed E-state index contributed by atoms with van der Waals surface area (Å²) in [6, 6.07) is 10.3. The normalized spacial score (nSPS) is 14.2. The molecule has 0 bridgehead atoms. The number of nitrogens with one attached hydrogen (secondary N) is 1. The second kappa shape index (κ2) is 7.17. The number of aliphatic hydroxyl groups excluding tert-OH is 1. The fourth-order valence-electron chi connectivity index (χ4n) is 2.07. The van der Waals surface area contributed by atoms with E-state index in [1.54, 1.807) is 6.92 Å². The molecule has 0 amide bonds.